The summed E-state index contributed by atoms with van der Waals surface area (Å²) in [5, 5.41) is 10.5. The number of carbonyl (C=O) groups is 1. The number of carboxylic acids is 1. The summed E-state index contributed by atoms with van der Waals surface area (Å²) < 4.78 is 0. The second-order valence-electron chi connectivity index (χ2n) is 7.30. The molecule has 0 heterocycles. The van der Waals surface area contributed by atoms with Gasteiger partial charge in [-0.3, -0.25) is 4.79 Å². The van der Waals surface area contributed by atoms with Gasteiger partial charge in [-0.05, 0) is 41.0 Å². The topological polar surface area (TPSA) is 43.8 Å². The maximum Gasteiger partial charge on any atom is 0.323 e. The molecule has 3 rings (SSSR count). The first-order valence-electron chi connectivity index (χ1n) is 9.22. The van der Waals surface area contributed by atoms with Crippen LogP contribution < -0.4 is 9.80 Å². The van der Waals surface area contributed by atoms with E-state index >= 15 is 0 Å². The molecule has 3 aromatic carbocycles. The number of hydrogen-bond donors (Lipinski definition) is 1. The van der Waals surface area contributed by atoms with E-state index in [4.69, 9.17) is 0 Å². The molecule has 28 heavy (non-hydrogen) atoms. The zero-order valence-corrected chi connectivity index (χ0v) is 16.8. The van der Waals surface area contributed by atoms with Gasteiger partial charge in [-0.2, -0.15) is 0 Å². The largest absolute Gasteiger partial charge is 0.480 e. The quantitative estimate of drug-likeness (QED) is 0.656. The summed E-state index contributed by atoms with van der Waals surface area (Å²) >= 11 is 0. The van der Waals surface area contributed by atoms with Crippen molar-refractivity contribution in [2.45, 2.75) is 5.41 Å². The van der Waals surface area contributed by atoms with Gasteiger partial charge in [-0.25, -0.2) is 0 Å². The molecule has 4 nitrogen and oxygen atoms in total. The lowest BCUT2D eigenvalue weighted by Crippen LogP contribution is -2.38. The fraction of sp³-hybridized carbons (Fsp3) is 0.208. The summed E-state index contributed by atoms with van der Waals surface area (Å²) in [6, 6.07) is 24.9. The summed E-state index contributed by atoms with van der Waals surface area (Å²) in [5.74, 6) is -0.895. The molecule has 0 saturated carbocycles. The molecule has 4 heteroatoms. The van der Waals surface area contributed by atoms with Crippen molar-refractivity contribution < 1.29 is 9.90 Å². The molecule has 0 saturated heterocycles. The predicted molar refractivity (Wildman–Crippen MR) is 115 cm³/mol. The van der Waals surface area contributed by atoms with Crippen LogP contribution in [0.15, 0.2) is 78.9 Å². The Hall–Kier alpha value is -3.27. The second-order valence-corrected chi connectivity index (χ2v) is 7.30. The molecule has 0 amide bonds. The van der Waals surface area contributed by atoms with E-state index in [9.17, 15) is 9.90 Å². The highest BCUT2D eigenvalue weighted by atomic mass is 16.4. The summed E-state index contributed by atoms with van der Waals surface area (Å²) in [7, 11) is 7.88. The van der Waals surface area contributed by atoms with Crippen LogP contribution in [0.3, 0.4) is 0 Å². The van der Waals surface area contributed by atoms with Gasteiger partial charge in [0.1, 0.15) is 5.41 Å². The third kappa shape index (κ3) is 3.33. The highest BCUT2D eigenvalue weighted by molar-refractivity contribution is 5.91. The number of aliphatic carboxylic acids is 1. The van der Waals surface area contributed by atoms with Gasteiger partial charge in [0, 0.05) is 39.6 Å². The molecule has 3 aromatic rings. The Labute approximate surface area is 166 Å². The van der Waals surface area contributed by atoms with Gasteiger partial charge in [-0.1, -0.05) is 54.6 Å². The van der Waals surface area contributed by atoms with E-state index < -0.39 is 11.4 Å². The Morgan fingerprint density at radius 3 is 1.32 bits per heavy atom. The van der Waals surface area contributed by atoms with Crippen molar-refractivity contribution in [3.63, 3.8) is 0 Å². The fourth-order valence-corrected chi connectivity index (χ4v) is 3.58. The van der Waals surface area contributed by atoms with Gasteiger partial charge in [0.15, 0.2) is 0 Å². The van der Waals surface area contributed by atoms with Crippen molar-refractivity contribution in [2.75, 3.05) is 38.0 Å². The fourth-order valence-electron chi connectivity index (χ4n) is 3.58. The SMILES string of the molecule is CN(C)c1ccc(C(C(=O)O)(c2ccccc2)c2ccc(N(C)C)cc2)cc1. The van der Waals surface area contributed by atoms with E-state index in [-0.39, 0.29) is 0 Å². The van der Waals surface area contributed by atoms with Crippen molar-refractivity contribution in [1.82, 2.24) is 0 Å². The molecule has 0 aromatic heterocycles. The van der Waals surface area contributed by atoms with Gasteiger partial charge in [0.25, 0.3) is 0 Å². The van der Waals surface area contributed by atoms with Crippen molar-refractivity contribution in [3.05, 3.63) is 95.6 Å². The normalized spacial score (nSPS) is 11.1. The van der Waals surface area contributed by atoms with E-state index in [0.717, 1.165) is 28.1 Å². The average Bonchev–Trinajstić information content (AvgIpc) is 2.70. The smallest absolute Gasteiger partial charge is 0.323 e. The zero-order valence-electron chi connectivity index (χ0n) is 16.8. The average molecular weight is 374 g/mol. The number of hydrogen-bond acceptors (Lipinski definition) is 3. The maximum absolute atomic E-state index is 12.8. The Kier molecular flexibility index (Phi) is 5.41. The van der Waals surface area contributed by atoms with Crippen LogP contribution in [-0.4, -0.2) is 39.3 Å². The number of benzene rings is 3. The number of anilines is 2. The molecule has 0 unspecified atom stereocenters. The number of carboxylic acid groups (broad SMARTS) is 1. The Morgan fingerprint density at radius 2 is 1.00 bits per heavy atom. The molecule has 0 aliphatic carbocycles. The molecular formula is C24H26N2O2. The first-order chi connectivity index (χ1) is 13.4. The summed E-state index contributed by atoms with van der Waals surface area (Å²) in [4.78, 5) is 16.8. The first-order valence-corrected chi connectivity index (χ1v) is 9.22. The van der Waals surface area contributed by atoms with E-state index in [1.807, 2.05) is 117 Å². The van der Waals surface area contributed by atoms with E-state index in [1.54, 1.807) is 0 Å². The van der Waals surface area contributed by atoms with Gasteiger partial charge in [0.2, 0.25) is 0 Å². The Bertz CT molecular complexity index is 879. The first kappa shape index (κ1) is 19.5. The maximum atomic E-state index is 12.8. The Balaban J connectivity index is 2.27. The molecule has 1 N–H and O–H groups in total. The monoisotopic (exact) mass is 374 g/mol. The van der Waals surface area contributed by atoms with Crippen LogP contribution in [0.2, 0.25) is 0 Å². The third-order valence-corrected chi connectivity index (χ3v) is 5.16. The molecule has 0 bridgehead atoms. The molecule has 0 aliphatic heterocycles. The van der Waals surface area contributed by atoms with Crippen LogP contribution in [0.4, 0.5) is 11.4 Å². The summed E-state index contributed by atoms with van der Waals surface area (Å²) in [6.45, 7) is 0. The second kappa shape index (κ2) is 7.77. The third-order valence-electron chi connectivity index (χ3n) is 5.16. The minimum Gasteiger partial charge on any atom is -0.480 e. The molecule has 144 valence electrons. The van der Waals surface area contributed by atoms with Crippen LogP contribution in [-0.2, 0) is 10.2 Å². The lowest BCUT2D eigenvalue weighted by Gasteiger charge is -2.32. The standard InChI is InChI=1S/C24H26N2O2/c1-25(2)21-14-10-19(11-15-21)24(23(27)28,18-8-6-5-7-9-18)20-12-16-22(17-13-20)26(3)4/h5-17H,1-4H3,(H,27,28). The van der Waals surface area contributed by atoms with Crippen molar-refractivity contribution in [1.29, 1.82) is 0 Å². The molecule has 0 radical (unpaired) electrons. The number of rotatable bonds is 6. The van der Waals surface area contributed by atoms with E-state index in [1.165, 1.54) is 0 Å². The van der Waals surface area contributed by atoms with Crippen molar-refractivity contribution >= 4 is 17.3 Å². The van der Waals surface area contributed by atoms with Crippen LogP contribution in [0.25, 0.3) is 0 Å². The van der Waals surface area contributed by atoms with Crippen LogP contribution in [0.5, 0.6) is 0 Å². The summed E-state index contributed by atoms with van der Waals surface area (Å²) in [5.41, 5.74) is 2.97. The van der Waals surface area contributed by atoms with Crippen LogP contribution in [0.1, 0.15) is 16.7 Å². The van der Waals surface area contributed by atoms with Crippen molar-refractivity contribution in [3.8, 4) is 0 Å². The van der Waals surface area contributed by atoms with Gasteiger partial charge in [-0.15, -0.1) is 0 Å². The van der Waals surface area contributed by atoms with Gasteiger partial charge < -0.3 is 14.9 Å². The minimum absolute atomic E-state index is 0.731. The van der Waals surface area contributed by atoms with E-state index in [2.05, 4.69) is 0 Å². The lowest BCUT2D eigenvalue weighted by atomic mass is 9.69. The molecule has 0 aliphatic rings. The highest BCUT2D eigenvalue weighted by Crippen LogP contribution is 2.40. The molecule has 0 fully saturated rings. The van der Waals surface area contributed by atoms with E-state index in [0.29, 0.717) is 0 Å². The predicted octanol–water partition coefficient (Wildman–Crippen LogP) is 4.24. The van der Waals surface area contributed by atoms with Crippen LogP contribution >= 0.6 is 0 Å². The summed E-state index contributed by atoms with van der Waals surface area (Å²) in [6.07, 6.45) is 0. The molecule has 0 atom stereocenters. The number of nitrogens with zero attached hydrogens (tertiary/aromatic N) is 2. The minimum atomic E-state index is -1.28. The zero-order chi connectivity index (χ0) is 20.3. The lowest BCUT2D eigenvalue weighted by molar-refractivity contribution is -0.140. The molecular weight excluding hydrogens is 348 g/mol. The van der Waals surface area contributed by atoms with Crippen LogP contribution in [0, 0.1) is 0 Å². The molecule has 0 spiro atoms. The van der Waals surface area contributed by atoms with Crippen molar-refractivity contribution in [2.24, 2.45) is 0 Å². The Morgan fingerprint density at radius 1 is 0.643 bits per heavy atom. The highest BCUT2D eigenvalue weighted by Gasteiger charge is 2.44. The van der Waals surface area contributed by atoms with Gasteiger partial charge >= 0.3 is 5.97 Å². The van der Waals surface area contributed by atoms with Gasteiger partial charge in [0.05, 0.1) is 0 Å².